The zero-order valence-electron chi connectivity index (χ0n) is 7.08. The number of hydrogen-bond donors (Lipinski definition) is 1. The maximum atomic E-state index is 10.7. The molecule has 0 atom stereocenters. The highest BCUT2D eigenvalue weighted by atomic mass is 79.9. The lowest BCUT2D eigenvalue weighted by Gasteiger charge is -2.08. The number of carboxylic acid groups (broad SMARTS) is 1. The molecule has 1 aromatic rings. The Bertz CT molecular complexity index is 323. The van der Waals surface area contributed by atoms with Gasteiger partial charge in [0.05, 0.1) is 11.1 Å². The Morgan fingerprint density at radius 2 is 2.31 bits per heavy atom. The van der Waals surface area contributed by atoms with Crippen molar-refractivity contribution >= 4 is 21.9 Å². The number of benzene rings is 1. The van der Waals surface area contributed by atoms with Gasteiger partial charge in [0.15, 0.2) is 0 Å². The molecule has 13 heavy (non-hydrogen) atoms. The van der Waals surface area contributed by atoms with Gasteiger partial charge in [0, 0.05) is 0 Å². The lowest BCUT2D eigenvalue weighted by atomic mass is 10.2. The van der Waals surface area contributed by atoms with Crippen LogP contribution in [0.5, 0.6) is 5.75 Å². The SMILES string of the molecule is CCOc1c(Br)cccc1C(=O)O. The lowest BCUT2D eigenvalue weighted by molar-refractivity contribution is 0.0692. The van der Waals surface area contributed by atoms with E-state index in [1.54, 1.807) is 12.1 Å². The standard InChI is InChI=1S/C9H9BrO3/c1-2-13-8-6(9(11)12)4-3-5-7(8)10/h3-5H,2H2,1H3,(H,11,12). The van der Waals surface area contributed by atoms with Crippen molar-refractivity contribution in [2.24, 2.45) is 0 Å². The topological polar surface area (TPSA) is 46.5 Å². The quantitative estimate of drug-likeness (QED) is 0.889. The van der Waals surface area contributed by atoms with Gasteiger partial charge in [0.25, 0.3) is 0 Å². The van der Waals surface area contributed by atoms with Crippen LogP contribution in [0.4, 0.5) is 0 Å². The molecular weight excluding hydrogens is 236 g/mol. The number of hydrogen-bond acceptors (Lipinski definition) is 2. The molecule has 1 rings (SSSR count). The summed E-state index contributed by atoms with van der Waals surface area (Å²) in [4.78, 5) is 10.7. The third-order valence-corrected chi connectivity index (χ3v) is 2.11. The van der Waals surface area contributed by atoms with E-state index in [2.05, 4.69) is 15.9 Å². The van der Waals surface area contributed by atoms with Crippen molar-refractivity contribution in [2.45, 2.75) is 6.92 Å². The number of aromatic carboxylic acids is 1. The van der Waals surface area contributed by atoms with E-state index in [-0.39, 0.29) is 5.56 Å². The van der Waals surface area contributed by atoms with Crippen molar-refractivity contribution in [3.63, 3.8) is 0 Å². The average molecular weight is 245 g/mol. The van der Waals surface area contributed by atoms with Crippen molar-refractivity contribution in [3.8, 4) is 5.75 Å². The molecule has 1 aromatic carbocycles. The Morgan fingerprint density at radius 1 is 1.62 bits per heavy atom. The third-order valence-electron chi connectivity index (χ3n) is 1.49. The first-order valence-corrected chi connectivity index (χ1v) is 4.60. The molecule has 0 aliphatic heterocycles. The van der Waals surface area contributed by atoms with Crippen molar-refractivity contribution in [2.75, 3.05) is 6.61 Å². The van der Waals surface area contributed by atoms with E-state index in [0.29, 0.717) is 16.8 Å². The van der Waals surface area contributed by atoms with Crippen molar-refractivity contribution < 1.29 is 14.6 Å². The molecule has 0 bridgehead atoms. The van der Waals surface area contributed by atoms with Gasteiger partial charge in [-0.3, -0.25) is 0 Å². The van der Waals surface area contributed by atoms with Gasteiger partial charge in [-0.15, -0.1) is 0 Å². The van der Waals surface area contributed by atoms with Gasteiger partial charge in [-0.25, -0.2) is 4.79 Å². The van der Waals surface area contributed by atoms with E-state index >= 15 is 0 Å². The van der Waals surface area contributed by atoms with Gasteiger partial charge >= 0.3 is 5.97 Å². The van der Waals surface area contributed by atoms with Crippen molar-refractivity contribution in [3.05, 3.63) is 28.2 Å². The fourth-order valence-corrected chi connectivity index (χ4v) is 1.45. The minimum Gasteiger partial charge on any atom is -0.492 e. The number of para-hydroxylation sites is 1. The molecule has 0 amide bonds. The second-order valence-corrected chi connectivity index (χ2v) is 3.21. The molecule has 1 N–H and O–H groups in total. The van der Waals surface area contributed by atoms with Gasteiger partial charge in [-0.1, -0.05) is 6.07 Å². The summed E-state index contributed by atoms with van der Waals surface area (Å²) in [6.07, 6.45) is 0. The highest BCUT2D eigenvalue weighted by Gasteiger charge is 2.13. The minimum absolute atomic E-state index is 0.177. The summed E-state index contributed by atoms with van der Waals surface area (Å²) in [6, 6.07) is 4.92. The van der Waals surface area contributed by atoms with Crippen LogP contribution in [0.25, 0.3) is 0 Å². The molecule has 0 aliphatic carbocycles. The summed E-state index contributed by atoms with van der Waals surface area (Å²) in [7, 11) is 0. The fourth-order valence-electron chi connectivity index (χ4n) is 0.968. The van der Waals surface area contributed by atoms with Gasteiger partial charge in [-0.05, 0) is 35.0 Å². The molecular formula is C9H9BrO3. The van der Waals surface area contributed by atoms with Crippen LogP contribution in [0.15, 0.2) is 22.7 Å². The third kappa shape index (κ3) is 2.21. The molecule has 0 saturated carbocycles. The Kier molecular flexibility index (Phi) is 3.31. The molecule has 0 fully saturated rings. The Balaban J connectivity index is 3.17. The van der Waals surface area contributed by atoms with Gasteiger partial charge in [-0.2, -0.15) is 0 Å². The molecule has 0 aliphatic rings. The van der Waals surface area contributed by atoms with E-state index in [1.165, 1.54) is 6.07 Å². The van der Waals surface area contributed by atoms with E-state index in [9.17, 15) is 4.79 Å². The van der Waals surface area contributed by atoms with E-state index in [0.717, 1.165) is 0 Å². The zero-order chi connectivity index (χ0) is 9.84. The fraction of sp³-hybridized carbons (Fsp3) is 0.222. The zero-order valence-corrected chi connectivity index (χ0v) is 8.67. The smallest absolute Gasteiger partial charge is 0.339 e. The van der Waals surface area contributed by atoms with Crippen LogP contribution in [-0.4, -0.2) is 17.7 Å². The normalized spacial score (nSPS) is 9.69. The van der Waals surface area contributed by atoms with Crippen LogP contribution in [0, 0.1) is 0 Å². The second-order valence-electron chi connectivity index (χ2n) is 2.35. The molecule has 0 heterocycles. The molecule has 0 radical (unpaired) electrons. The van der Waals surface area contributed by atoms with Crippen LogP contribution >= 0.6 is 15.9 Å². The Morgan fingerprint density at radius 3 is 2.85 bits per heavy atom. The first-order valence-electron chi connectivity index (χ1n) is 3.81. The molecule has 0 unspecified atom stereocenters. The molecule has 3 nitrogen and oxygen atoms in total. The molecule has 0 aromatic heterocycles. The summed E-state index contributed by atoms with van der Waals surface area (Å²) >= 11 is 3.23. The monoisotopic (exact) mass is 244 g/mol. The first-order chi connectivity index (χ1) is 6.16. The predicted molar refractivity (Wildman–Crippen MR) is 52.3 cm³/mol. The number of carbonyl (C=O) groups is 1. The second kappa shape index (κ2) is 4.28. The van der Waals surface area contributed by atoms with Crippen LogP contribution in [0.3, 0.4) is 0 Å². The lowest BCUT2D eigenvalue weighted by Crippen LogP contribution is -2.03. The largest absolute Gasteiger partial charge is 0.492 e. The van der Waals surface area contributed by atoms with Gasteiger partial charge < -0.3 is 9.84 Å². The van der Waals surface area contributed by atoms with E-state index < -0.39 is 5.97 Å². The van der Waals surface area contributed by atoms with E-state index in [4.69, 9.17) is 9.84 Å². The maximum absolute atomic E-state index is 10.7. The number of ether oxygens (including phenoxy) is 1. The minimum atomic E-state index is -0.982. The van der Waals surface area contributed by atoms with Crippen LogP contribution in [-0.2, 0) is 0 Å². The van der Waals surface area contributed by atoms with Crippen LogP contribution in [0.1, 0.15) is 17.3 Å². The predicted octanol–water partition coefficient (Wildman–Crippen LogP) is 2.55. The van der Waals surface area contributed by atoms with Crippen molar-refractivity contribution in [1.82, 2.24) is 0 Å². The molecule has 0 saturated heterocycles. The maximum Gasteiger partial charge on any atom is 0.339 e. The van der Waals surface area contributed by atoms with Crippen LogP contribution in [0.2, 0.25) is 0 Å². The highest BCUT2D eigenvalue weighted by molar-refractivity contribution is 9.10. The molecule has 4 heteroatoms. The summed E-state index contributed by atoms with van der Waals surface area (Å²) in [6.45, 7) is 2.26. The van der Waals surface area contributed by atoms with Crippen molar-refractivity contribution in [1.29, 1.82) is 0 Å². The van der Waals surface area contributed by atoms with Crippen LogP contribution < -0.4 is 4.74 Å². The summed E-state index contributed by atoms with van der Waals surface area (Å²) in [5.41, 5.74) is 0.177. The average Bonchev–Trinajstić information content (AvgIpc) is 2.08. The summed E-state index contributed by atoms with van der Waals surface area (Å²) in [5.74, 6) is -0.595. The molecule has 0 spiro atoms. The Hall–Kier alpha value is -1.03. The number of carboxylic acids is 1. The number of halogens is 1. The van der Waals surface area contributed by atoms with Gasteiger partial charge in [0.2, 0.25) is 0 Å². The number of rotatable bonds is 3. The van der Waals surface area contributed by atoms with Gasteiger partial charge in [0.1, 0.15) is 11.3 Å². The summed E-state index contributed by atoms with van der Waals surface area (Å²) < 4.78 is 5.86. The van der Waals surface area contributed by atoms with E-state index in [1.807, 2.05) is 6.92 Å². The Labute approximate surface area is 84.5 Å². The highest BCUT2D eigenvalue weighted by Crippen LogP contribution is 2.28. The molecule has 70 valence electrons. The summed E-state index contributed by atoms with van der Waals surface area (Å²) in [5, 5.41) is 8.82. The first kappa shape index (κ1) is 10.1.